The molecule has 2 N–H and O–H groups in total. The summed E-state index contributed by atoms with van der Waals surface area (Å²) in [6.07, 6.45) is -1.40. The van der Waals surface area contributed by atoms with Crippen LogP contribution >= 0.6 is 0 Å². The van der Waals surface area contributed by atoms with Crippen LogP contribution in [-0.4, -0.2) is 52.0 Å². The number of hydrogen-bond donors (Lipinski definition) is 2. The van der Waals surface area contributed by atoms with Crippen molar-refractivity contribution in [2.75, 3.05) is 13.1 Å². The molecule has 2 unspecified atom stereocenters. The maximum Gasteiger partial charge on any atom is 0.410 e. The number of aliphatic hydroxyl groups is 1. The van der Waals surface area contributed by atoms with Gasteiger partial charge in [0.05, 0.1) is 0 Å². The van der Waals surface area contributed by atoms with Gasteiger partial charge < -0.3 is 19.8 Å². The summed E-state index contributed by atoms with van der Waals surface area (Å²) in [5.41, 5.74) is -0.569. The highest BCUT2D eigenvalue weighted by Crippen LogP contribution is 2.22. The molecule has 1 aliphatic heterocycles. The molecular weight excluding hydrogens is 226 g/mol. The van der Waals surface area contributed by atoms with Gasteiger partial charge in [-0.15, -0.1) is 0 Å². The van der Waals surface area contributed by atoms with Crippen molar-refractivity contribution in [3.63, 3.8) is 0 Å². The molecule has 0 aromatic rings. The Labute approximate surface area is 100 Å². The average Bonchev–Trinajstić information content (AvgIpc) is 2.62. The average molecular weight is 245 g/mol. The van der Waals surface area contributed by atoms with Crippen LogP contribution in [0.5, 0.6) is 0 Å². The molecule has 1 heterocycles. The van der Waals surface area contributed by atoms with Gasteiger partial charge in [-0.1, -0.05) is 0 Å². The Morgan fingerprint density at radius 1 is 1.41 bits per heavy atom. The Balaban J connectivity index is 2.50. The van der Waals surface area contributed by atoms with E-state index in [9.17, 15) is 14.7 Å². The minimum Gasteiger partial charge on any atom is -0.479 e. The van der Waals surface area contributed by atoms with E-state index < -0.39 is 29.7 Å². The molecule has 6 nitrogen and oxygen atoms in total. The molecule has 0 radical (unpaired) electrons. The number of carboxylic acid groups (broad SMARTS) is 1. The van der Waals surface area contributed by atoms with Crippen molar-refractivity contribution in [3.8, 4) is 0 Å². The predicted octanol–water partition coefficient (Wildman–Crippen LogP) is 0.689. The second-order valence-electron chi connectivity index (χ2n) is 5.26. The first-order valence-electron chi connectivity index (χ1n) is 5.59. The first-order chi connectivity index (χ1) is 7.70. The third-order valence-electron chi connectivity index (χ3n) is 2.58. The number of nitrogens with zero attached hydrogens (tertiary/aromatic N) is 1. The number of ether oxygens (including phenoxy) is 1. The highest BCUT2D eigenvalue weighted by molar-refractivity contribution is 5.73. The lowest BCUT2D eigenvalue weighted by Gasteiger charge is -2.24. The van der Waals surface area contributed by atoms with Gasteiger partial charge in [-0.05, 0) is 27.2 Å². The summed E-state index contributed by atoms with van der Waals surface area (Å²) in [5.74, 6) is -1.67. The highest BCUT2D eigenvalue weighted by Gasteiger charge is 2.35. The van der Waals surface area contributed by atoms with Gasteiger partial charge >= 0.3 is 12.1 Å². The van der Waals surface area contributed by atoms with Crippen molar-refractivity contribution in [1.82, 2.24) is 4.90 Å². The maximum absolute atomic E-state index is 11.7. The molecule has 17 heavy (non-hydrogen) atoms. The molecule has 6 heteroatoms. The number of aliphatic carboxylic acids is 1. The number of rotatable bonds is 2. The van der Waals surface area contributed by atoms with Gasteiger partial charge in [0.1, 0.15) is 5.60 Å². The van der Waals surface area contributed by atoms with Gasteiger partial charge in [-0.25, -0.2) is 9.59 Å². The Hall–Kier alpha value is -1.30. The smallest absolute Gasteiger partial charge is 0.410 e. The van der Waals surface area contributed by atoms with E-state index in [0.717, 1.165) is 0 Å². The van der Waals surface area contributed by atoms with Gasteiger partial charge in [0.2, 0.25) is 0 Å². The molecule has 0 aliphatic carbocycles. The largest absolute Gasteiger partial charge is 0.479 e. The van der Waals surface area contributed by atoms with E-state index in [1.54, 1.807) is 20.8 Å². The monoisotopic (exact) mass is 245 g/mol. The molecule has 2 atom stereocenters. The topological polar surface area (TPSA) is 87.1 Å². The summed E-state index contributed by atoms with van der Waals surface area (Å²) >= 11 is 0. The summed E-state index contributed by atoms with van der Waals surface area (Å²) in [4.78, 5) is 23.7. The predicted molar refractivity (Wildman–Crippen MR) is 59.6 cm³/mol. The van der Waals surface area contributed by atoms with Crippen LogP contribution in [0.4, 0.5) is 4.79 Å². The second-order valence-corrected chi connectivity index (χ2v) is 5.26. The standard InChI is InChI=1S/C11H19NO5/c1-11(2,3)17-10(16)12-5-4-7(6-12)8(13)9(14)15/h7-8,13H,4-6H2,1-3H3,(H,14,15). The number of likely N-dealkylation sites (tertiary alicyclic amines) is 1. The lowest BCUT2D eigenvalue weighted by molar-refractivity contribution is -0.149. The molecule has 0 spiro atoms. The van der Waals surface area contributed by atoms with Crippen LogP contribution in [0, 0.1) is 5.92 Å². The first-order valence-corrected chi connectivity index (χ1v) is 5.59. The summed E-state index contributed by atoms with van der Waals surface area (Å²) in [6, 6.07) is 0. The third kappa shape index (κ3) is 3.89. The number of aliphatic hydroxyl groups excluding tert-OH is 1. The molecule has 1 aliphatic rings. The van der Waals surface area contributed by atoms with E-state index in [2.05, 4.69) is 0 Å². The fourth-order valence-electron chi connectivity index (χ4n) is 1.74. The highest BCUT2D eigenvalue weighted by atomic mass is 16.6. The van der Waals surface area contributed by atoms with E-state index in [4.69, 9.17) is 9.84 Å². The molecule has 98 valence electrons. The van der Waals surface area contributed by atoms with Crippen LogP contribution in [0.2, 0.25) is 0 Å². The van der Waals surface area contributed by atoms with Crippen molar-refractivity contribution >= 4 is 12.1 Å². The normalized spacial score (nSPS) is 22.4. The van der Waals surface area contributed by atoms with Gasteiger partial charge in [0.25, 0.3) is 0 Å². The zero-order chi connectivity index (χ0) is 13.2. The lowest BCUT2D eigenvalue weighted by Crippen LogP contribution is -2.37. The molecular formula is C11H19NO5. The summed E-state index contributed by atoms with van der Waals surface area (Å²) in [7, 11) is 0. The fraction of sp³-hybridized carbons (Fsp3) is 0.818. The van der Waals surface area contributed by atoms with Crippen molar-refractivity contribution in [1.29, 1.82) is 0 Å². The zero-order valence-corrected chi connectivity index (χ0v) is 10.3. The van der Waals surface area contributed by atoms with Crippen LogP contribution < -0.4 is 0 Å². The number of carbonyl (C=O) groups is 2. The molecule has 0 saturated carbocycles. The SMILES string of the molecule is CC(C)(C)OC(=O)N1CCC(C(O)C(=O)O)C1. The van der Waals surface area contributed by atoms with Crippen LogP contribution in [-0.2, 0) is 9.53 Å². The Morgan fingerprint density at radius 2 is 2.00 bits per heavy atom. The van der Waals surface area contributed by atoms with E-state index in [1.165, 1.54) is 4.90 Å². The third-order valence-corrected chi connectivity index (χ3v) is 2.58. The molecule has 1 saturated heterocycles. The van der Waals surface area contributed by atoms with Crippen molar-refractivity contribution in [2.24, 2.45) is 5.92 Å². The number of hydrogen-bond acceptors (Lipinski definition) is 4. The minimum atomic E-state index is -1.41. The van der Waals surface area contributed by atoms with Gasteiger partial charge in [0.15, 0.2) is 6.10 Å². The second kappa shape index (κ2) is 4.91. The number of amides is 1. The summed E-state index contributed by atoms with van der Waals surface area (Å²) in [6.45, 7) is 5.95. The van der Waals surface area contributed by atoms with Gasteiger partial charge in [-0.3, -0.25) is 0 Å². The lowest BCUT2D eigenvalue weighted by atomic mass is 10.0. The van der Waals surface area contributed by atoms with Crippen LogP contribution in [0.15, 0.2) is 0 Å². The van der Waals surface area contributed by atoms with Gasteiger partial charge in [0, 0.05) is 19.0 Å². The number of carboxylic acids is 1. The summed E-state index contributed by atoms with van der Waals surface area (Å²) in [5, 5.41) is 18.0. The molecule has 0 aromatic heterocycles. The minimum absolute atomic E-state index is 0.225. The van der Waals surface area contributed by atoms with Crippen molar-refractivity contribution in [3.05, 3.63) is 0 Å². The van der Waals surface area contributed by atoms with E-state index in [-0.39, 0.29) is 6.54 Å². The number of carbonyl (C=O) groups excluding carboxylic acids is 1. The quantitative estimate of drug-likeness (QED) is 0.747. The first kappa shape index (κ1) is 13.8. The van der Waals surface area contributed by atoms with Crippen LogP contribution in [0.1, 0.15) is 27.2 Å². The fourth-order valence-corrected chi connectivity index (χ4v) is 1.74. The van der Waals surface area contributed by atoms with Crippen LogP contribution in [0.25, 0.3) is 0 Å². The summed E-state index contributed by atoms with van der Waals surface area (Å²) < 4.78 is 5.17. The molecule has 0 bridgehead atoms. The Morgan fingerprint density at radius 3 is 2.47 bits per heavy atom. The Kier molecular flexibility index (Phi) is 3.98. The zero-order valence-electron chi connectivity index (χ0n) is 10.3. The van der Waals surface area contributed by atoms with E-state index in [1.807, 2.05) is 0 Å². The van der Waals surface area contributed by atoms with E-state index in [0.29, 0.717) is 13.0 Å². The van der Waals surface area contributed by atoms with E-state index >= 15 is 0 Å². The van der Waals surface area contributed by atoms with Crippen LogP contribution in [0.3, 0.4) is 0 Å². The van der Waals surface area contributed by atoms with Gasteiger partial charge in [-0.2, -0.15) is 0 Å². The molecule has 0 aromatic carbocycles. The molecule has 1 amide bonds. The molecule has 1 rings (SSSR count). The maximum atomic E-state index is 11.7. The Bertz CT molecular complexity index is 309. The van der Waals surface area contributed by atoms with Crippen molar-refractivity contribution in [2.45, 2.75) is 38.9 Å². The molecule has 1 fully saturated rings. The van der Waals surface area contributed by atoms with Crippen molar-refractivity contribution < 1.29 is 24.5 Å².